The molecule has 0 amide bonds. The Bertz CT molecular complexity index is 957. The Hall–Kier alpha value is -2.32. The van der Waals surface area contributed by atoms with E-state index in [4.69, 9.17) is 18.3 Å². The largest absolute Gasteiger partial charge is 0.426 e. The highest BCUT2D eigenvalue weighted by Crippen LogP contribution is 2.47. The molecule has 3 atom stereocenters. The van der Waals surface area contributed by atoms with E-state index in [2.05, 4.69) is 4.98 Å². The second-order valence-electron chi connectivity index (χ2n) is 6.15. The molecule has 0 aliphatic carbocycles. The first kappa shape index (κ1) is 18.1. The summed E-state index contributed by atoms with van der Waals surface area (Å²) in [6.07, 6.45) is 2.02. The summed E-state index contributed by atoms with van der Waals surface area (Å²) in [7, 11) is -1.50. The molecule has 3 unspecified atom stereocenters. The lowest BCUT2D eigenvalue weighted by atomic mass is 10.2. The van der Waals surface area contributed by atoms with E-state index in [1.807, 2.05) is 24.3 Å². The van der Waals surface area contributed by atoms with Gasteiger partial charge in [0.05, 0.1) is 24.9 Å². The molecule has 2 aliphatic heterocycles. The van der Waals surface area contributed by atoms with Crippen molar-refractivity contribution in [3.63, 3.8) is 0 Å². The Morgan fingerprint density at radius 2 is 2.15 bits per heavy atom. The van der Waals surface area contributed by atoms with Gasteiger partial charge in [-0.1, -0.05) is 18.2 Å². The van der Waals surface area contributed by atoms with Crippen molar-refractivity contribution in [1.82, 2.24) is 9.55 Å². The first-order chi connectivity index (χ1) is 13.1. The average molecular weight is 392 g/mol. The lowest BCUT2D eigenvalue weighted by Gasteiger charge is -2.24. The van der Waals surface area contributed by atoms with Gasteiger partial charge in [0.1, 0.15) is 12.0 Å². The number of rotatable bonds is 5. The van der Waals surface area contributed by atoms with Gasteiger partial charge < -0.3 is 9.26 Å². The summed E-state index contributed by atoms with van der Waals surface area (Å²) < 4.78 is 24.0. The van der Waals surface area contributed by atoms with Gasteiger partial charge in [-0.2, -0.15) is 0 Å². The van der Waals surface area contributed by atoms with E-state index in [1.165, 1.54) is 10.8 Å². The van der Waals surface area contributed by atoms with Crippen LogP contribution >= 0.6 is 8.60 Å². The number of carbonyl (C=O) groups excluding carboxylic acids is 1. The summed E-state index contributed by atoms with van der Waals surface area (Å²) in [6, 6.07) is 7.60. The van der Waals surface area contributed by atoms with E-state index in [9.17, 15) is 14.4 Å². The maximum Gasteiger partial charge on any atom is 0.397 e. The topological polar surface area (TPSA) is 109 Å². The van der Waals surface area contributed by atoms with Gasteiger partial charge in [0.15, 0.2) is 6.29 Å². The normalized spacial score (nSPS) is 24.2. The third-order valence-corrected chi connectivity index (χ3v) is 5.40. The number of hydrogen-bond donors (Lipinski definition) is 1. The van der Waals surface area contributed by atoms with Crippen molar-refractivity contribution in [2.75, 3.05) is 6.61 Å². The molecular formula is C17H17N2O7P. The Kier molecular flexibility index (Phi) is 5.18. The number of nitrogens with one attached hydrogen (secondary N) is 1. The van der Waals surface area contributed by atoms with Crippen molar-refractivity contribution in [3.05, 3.63) is 62.4 Å². The number of carbonyl (C=O) groups is 1. The quantitative estimate of drug-likeness (QED) is 0.611. The fourth-order valence-electron chi connectivity index (χ4n) is 2.96. The molecule has 0 bridgehead atoms. The van der Waals surface area contributed by atoms with Crippen molar-refractivity contribution in [3.8, 4) is 5.75 Å². The molecule has 2 aliphatic rings. The highest BCUT2D eigenvalue weighted by Gasteiger charge is 2.30. The van der Waals surface area contributed by atoms with Crippen molar-refractivity contribution in [1.29, 1.82) is 0 Å². The number of hydrogen-bond acceptors (Lipinski definition) is 7. The maximum atomic E-state index is 12.0. The predicted molar refractivity (Wildman–Crippen MR) is 94.6 cm³/mol. The molecule has 1 aromatic heterocycles. The van der Waals surface area contributed by atoms with Crippen molar-refractivity contribution in [2.24, 2.45) is 0 Å². The molecule has 10 heteroatoms. The lowest BCUT2D eigenvalue weighted by molar-refractivity contribution is -0.0229. The molecule has 0 saturated carbocycles. The molecule has 27 heavy (non-hydrogen) atoms. The van der Waals surface area contributed by atoms with Gasteiger partial charge >= 0.3 is 14.3 Å². The zero-order valence-corrected chi connectivity index (χ0v) is 15.1. The number of benzene rings is 1. The molecule has 9 nitrogen and oxygen atoms in total. The van der Waals surface area contributed by atoms with Crippen molar-refractivity contribution in [2.45, 2.75) is 31.8 Å². The molecule has 0 radical (unpaired) electrons. The smallest absolute Gasteiger partial charge is 0.397 e. The van der Waals surface area contributed by atoms with E-state index in [-0.39, 0.29) is 18.3 Å². The van der Waals surface area contributed by atoms with Crippen LogP contribution in [0, 0.1) is 0 Å². The fourth-order valence-corrected chi connectivity index (χ4v) is 4.01. The third-order valence-electron chi connectivity index (χ3n) is 4.35. The number of aldehydes is 1. The highest BCUT2D eigenvalue weighted by molar-refractivity contribution is 7.42. The first-order valence-corrected chi connectivity index (χ1v) is 9.51. The SMILES string of the molecule is O=Cc1cn(C2CCC(COP3OCc4ccccc4O3)O2)c(=O)[nH]c1=O. The van der Waals surface area contributed by atoms with Crippen LogP contribution in [0.1, 0.15) is 35.0 Å². The molecule has 1 aromatic carbocycles. The number of para-hydroxylation sites is 1. The standard InChI is InChI=1S/C17H17N2O7P/c20-8-12-7-19(17(22)18-16(12)21)15-6-5-13(25-15)10-24-27-23-9-11-3-1-2-4-14(11)26-27/h1-4,7-8,13,15H,5-6,9-10H2,(H,18,21,22). The van der Waals surface area contributed by atoms with Crippen molar-refractivity contribution >= 4 is 14.9 Å². The minimum atomic E-state index is -1.50. The van der Waals surface area contributed by atoms with Gasteiger partial charge in [-0.15, -0.1) is 0 Å². The average Bonchev–Trinajstić information content (AvgIpc) is 3.15. The monoisotopic (exact) mass is 392 g/mol. The summed E-state index contributed by atoms with van der Waals surface area (Å²) in [5.41, 5.74) is -0.472. The number of H-pyrrole nitrogens is 1. The van der Waals surface area contributed by atoms with Crippen molar-refractivity contribution < 1.29 is 23.1 Å². The highest BCUT2D eigenvalue weighted by atomic mass is 31.2. The van der Waals surface area contributed by atoms with Crippen LogP contribution in [0.5, 0.6) is 5.75 Å². The Morgan fingerprint density at radius 1 is 1.30 bits per heavy atom. The molecule has 4 rings (SSSR count). The Labute approximate surface area is 154 Å². The molecular weight excluding hydrogens is 375 g/mol. The van der Waals surface area contributed by atoms with Gasteiger partial charge in [0.2, 0.25) is 0 Å². The van der Waals surface area contributed by atoms with E-state index in [0.29, 0.717) is 25.7 Å². The summed E-state index contributed by atoms with van der Waals surface area (Å²) in [5.74, 6) is 0.751. The number of nitrogens with zero attached hydrogens (tertiary/aromatic N) is 1. The minimum Gasteiger partial charge on any atom is -0.426 e. The number of aromatic nitrogens is 2. The van der Waals surface area contributed by atoms with Crippen LogP contribution in [-0.4, -0.2) is 28.5 Å². The summed E-state index contributed by atoms with van der Waals surface area (Å²) in [4.78, 5) is 36.5. The summed E-state index contributed by atoms with van der Waals surface area (Å²) in [5, 5.41) is 0. The van der Waals surface area contributed by atoms with Crippen LogP contribution in [0.4, 0.5) is 0 Å². The third kappa shape index (κ3) is 3.86. The predicted octanol–water partition coefficient (Wildman–Crippen LogP) is 1.88. The molecule has 2 aromatic rings. The van der Waals surface area contributed by atoms with Crippen LogP contribution in [0.15, 0.2) is 40.1 Å². The molecule has 3 heterocycles. The Morgan fingerprint density at radius 3 is 3.00 bits per heavy atom. The number of ether oxygens (including phenoxy) is 1. The molecule has 1 fully saturated rings. The van der Waals surface area contributed by atoms with Crippen LogP contribution in [0.2, 0.25) is 0 Å². The van der Waals surface area contributed by atoms with E-state index in [1.54, 1.807) is 0 Å². The molecule has 0 spiro atoms. The maximum absolute atomic E-state index is 12.0. The zero-order valence-electron chi connectivity index (χ0n) is 14.2. The van der Waals surface area contributed by atoms with Crippen LogP contribution in [0.25, 0.3) is 0 Å². The number of fused-ring (bicyclic) bond motifs is 1. The summed E-state index contributed by atoms with van der Waals surface area (Å²) in [6.45, 7) is 0.681. The second-order valence-corrected chi connectivity index (χ2v) is 7.30. The molecule has 142 valence electrons. The van der Waals surface area contributed by atoms with Gasteiger partial charge in [-0.25, -0.2) is 4.79 Å². The molecule has 1 saturated heterocycles. The molecule has 1 N–H and O–H groups in total. The van der Waals surface area contributed by atoms with Gasteiger partial charge in [-0.3, -0.25) is 28.2 Å². The van der Waals surface area contributed by atoms with Crippen LogP contribution in [0.3, 0.4) is 0 Å². The van der Waals surface area contributed by atoms with E-state index in [0.717, 1.165) is 11.3 Å². The van der Waals surface area contributed by atoms with Crippen LogP contribution in [-0.2, 0) is 20.4 Å². The van der Waals surface area contributed by atoms with E-state index >= 15 is 0 Å². The summed E-state index contributed by atoms with van der Waals surface area (Å²) >= 11 is 0. The Balaban J connectivity index is 1.35. The fraction of sp³-hybridized carbons (Fsp3) is 0.353. The first-order valence-electron chi connectivity index (χ1n) is 8.42. The van der Waals surface area contributed by atoms with Crippen LogP contribution < -0.4 is 15.8 Å². The second kappa shape index (κ2) is 7.74. The number of aromatic amines is 1. The minimum absolute atomic E-state index is 0.121. The van der Waals surface area contributed by atoms with Gasteiger partial charge in [0.25, 0.3) is 5.56 Å². The van der Waals surface area contributed by atoms with Gasteiger partial charge in [-0.05, 0) is 18.9 Å². The van der Waals surface area contributed by atoms with Gasteiger partial charge in [0, 0.05) is 11.8 Å². The lowest BCUT2D eigenvalue weighted by Crippen LogP contribution is -2.34. The van der Waals surface area contributed by atoms with E-state index < -0.39 is 26.1 Å². The zero-order chi connectivity index (χ0) is 18.8.